The largest absolute Gasteiger partial charge is 0.344 e. The summed E-state index contributed by atoms with van der Waals surface area (Å²) in [7, 11) is 0. The summed E-state index contributed by atoms with van der Waals surface area (Å²) in [5.74, 6) is 0.121. The van der Waals surface area contributed by atoms with Crippen molar-refractivity contribution in [3.05, 3.63) is 57.9 Å². The topological polar surface area (TPSA) is 22.0 Å². The van der Waals surface area contributed by atoms with E-state index in [0.717, 1.165) is 28.5 Å². The smallest absolute Gasteiger partial charge is 0.175 e. The molecule has 0 amide bonds. The predicted octanol–water partition coefficient (Wildman–Crippen LogP) is 4.38. The molecule has 0 N–H and O–H groups in total. The van der Waals surface area contributed by atoms with E-state index in [-0.39, 0.29) is 5.78 Å². The molecule has 0 aliphatic rings. The fourth-order valence-corrected chi connectivity index (χ4v) is 2.60. The number of rotatable bonds is 4. The zero-order valence-electron chi connectivity index (χ0n) is 10.9. The van der Waals surface area contributed by atoms with E-state index in [2.05, 4.69) is 20.5 Å². The van der Waals surface area contributed by atoms with Crippen molar-refractivity contribution in [2.45, 2.75) is 20.4 Å². The highest BCUT2D eigenvalue weighted by molar-refractivity contribution is 9.09. The van der Waals surface area contributed by atoms with Crippen molar-refractivity contribution in [1.29, 1.82) is 0 Å². The molecule has 2 nitrogen and oxygen atoms in total. The molecule has 0 atom stereocenters. The minimum Gasteiger partial charge on any atom is -0.344 e. The first-order valence-corrected chi connectivity index (χ1v) is 7.53. The molecule has 0 bridgehead atoms. The van der Waals surface area contributed by atoms with Crippen LogP contribution in [0.4, 0.5) is 0 Å². The van der Waals surface area contributed by atoms with Gasteiger partial charge in [0.1, 0.15) is 0 Å². The van der Waals surface area contributed by atoms with E-state index >= 15 is 0 Å². The molecule has 19 heavy (non-hydrogen) atoms. The van der Waals surface area contributed by atoms with Crippen LogP contribution in [0.5, 0.6) is 0 Å². The third-order valence-corrected chi connectivity index (χ3v) is 4.01. The van der Waals surface area contributed by atoms with E-state index in [4.69, 9.17) is 11.6 Å². The maximum atomic E-state index is 11.8. The Labute approximate surface area is 126 Å². The van der Waals surface area contributed by atoms with Crippen LogP contribution in [0.15, 0.2) is 30.3 Å². The van der Waals surface area contributed by atoms with Crippen molar-refractivity contribution in [3.63, 3.8) is 0 Å². The van der Waals surface area contributed by atoms with Crippen molar-refractivity contribution in [2.75, 3.05) is 5.33 Å². The lowest BCUT2D eigenvalue weighted by molar-refractivity contribution is 0.102. The van der Waals surface area contributed by atoms with Crippen LogP contribution < -0.4 is 0 Å². The van der Waals surface area contributed by atoms with Crippen molar-refractivity contribution in [1.82, 2.24) is 4.57 Å². The Morgan fingerprint density at radius 2 is 1.89 bits per heavy atom. The number of carbonyl (C=O) groups is 1. The van der Waals surface area contributed by atoms with E-state index in [0.29, 0.717) is 5.33 Å². The molecule has 2 rings (SSSR count). The van der Waals surface area contributed by atoms with Gasteiger partial charge in [-0.15, -0.1) is 0 Å². The maximum absolute atomic E-state index is 11.8. The van der Waals surface area contributed by atoms with Crippen LogP contribution in [0.2, 0.25) is 5.02 Å². The summed E-state index contributed by atoms with van der Waals surface area (Å²) in [4.78, 5) is 11.8. The molecule has 0 aliphatic carbocycles. The van der Waals surface area contributed by atoms with Crippen LogP contribution >= 0.6 is 27.5 Å². The van der Waals surface area contributed by atoms with Gasteiger partial charge in [0.2, 0.25) is 0 Å². The fourth-order valence-electron chi connectivity index (χ4n) is 2.17. The highest BCUT2D eigenvalue weighted by Gasteiger charge is 2.14. The second kappa shape index (κ2) is 5.93. The van der Waals surface area contributed by atoms with Gasteiger partial charge in [-0.2, -0.15) is 0 Å². The highest BCUT2D eigenvalue weighted by atomic mass is 79.9. The molecule has 1 aromatic carbocycles. The second-order valence-electron chi connectivity index (χ2n) is 4.55. The lowest BCUT2D eigenvalue weighted by Crippen LogP contribution is -2.06. The molecule has 1 aromatic heterocycles. The van der Waals surface area contributed by atoms with E-state index < -0.39 is 0 Å². The van der Waals surface area contributed by atoms with Gasteiger partial charge < -0.3 is 4.57 Å². The number of aromatic nitrogens is 1. The number of hydrogen-bond donors (Lipinski definition) is 0. The van der Waals surface area contributed by atoms with Gasteiger partial charge in [-0.3, -0.25) is 4.79 Å². The van der Waals surface area contributed by atoms with Crippen LogP contribution in [-0.2, 0) is 6.54 Å². The Balaban J connectivity index is 2.33. The Bertz CT molecular complexity index is 601. The van der Waals surface area contributed by atoms with Crippen LogP contribution in [0.1, 0.15) is 27.3 Å². The minimum atomic E-state index is 0.121. The Hall–Kier alpha value is -1.06. The quantitative estimate of drug-likeness (QED) is 0.598. The van der Waals surface area contributed by atoms with Crippen molar-refractivity contribution in [2.24, 2.45) is 0 Å². The number of ketones is 1. The Morgan fingerprint density at radius 1 is 1.26 bits per heavy atom. The van der Waals surface area contributed by atoms with Crippen molar-refractivity contribution in [3.8, 4) is 0 Å². The van der Waals surface area contributed by atoms with E-state index in [1.807, 2.05) is 44.2 Å². The number of Topliss-reactive ketones (excluding diaryl/α,β-unsaturated/α-hetero) is 1. The predicted molar refractivity (Wildman–Crippen MR) is 82.6 cm³/mol. The Kier molecular flexibility index (Phi) is 4.48. The number of hydrogen-bond acceptors (Lipinski definition) is 1. The summed E-state index contributed by atoms with van der Waals surface area (Å²) in [5.41, 5.74) is 4.07. The average Bonchev–Trinajstić information content (AvgIpc) is 2.68. The molecule has 0 aliphatic heterocycles. The molecule has 0 saturated carbocycles. The molecule has 2 aromatic rings. The van der Waals surface area contributed by atoms with Crippen LogP contribution in [0.3, 0.4) is 0 Å². The third-order valence-electron chi connectivity index (χ3n) is 3.25. The molecular weight excluding hydrogens is 326 g/mol. The van der Waals surface area contributed by atoms with Gasteiger partial charge >= 0.3 is 0 Å². The first-order valence-electron chi connectivity index (χ1n) is 6.03. The van der Waals surface area contributed by atoms with E-state index in [1.54, 1.807) is 0 Å². The normalized spacial score (nSPS) is 10.7. The first kappa shape index (κ1) is 14.4. The van der Waals surface area contributed by atoms with E-state index in [9.17, 15) is 4.79 Å². The van der Waals surface area contributed by atoms with Crippen LogP contribution in [0.25, 0.3) is 0 Å². The SMILES string of the molecule is Cc1cc(C(=O)CBr)c(C)n1Cc1ccc(Cl)cc1. The van der Waals surface area contributed by atoms with Gasteiger partial charge in [-0.05, 0) is 37.6 Å². The van der Waals surface area contributed by atoms with Gasteiger partial charge in [0.15, 0.2) is 5.78 Å². The summed E-state index contributed by atoms with van der Waals surface area (Å²) in [5, 5.41) is 1.10. The zero-order valence-corrected chi connectivity index (χ0v) is 13.3. The van der Waals surface area contributed by atoms with E-state index in [1.165, 1.54) is 5.56 Å². The van der Waals surface area contributed by atoms with Crippen LogP contribution in [0, 0.1) is 13.8 Å². The van der Waals surface area contributed by atoms with Crippen molar-refractivity contribution < 1.29 is 4.79 Å². The summed E-state index contributed by atoms with van der Waals surface area (Å²) >= 11 is 9.11. The third kappa shape index (κ3) is 3.10. The lowest BCUT2D eigenvalue weighted by atomic mass is 10.2. The molecule has 4 heteroatoms. The molecule has 100 valence electrons. The number of benzene rings is 1. The molecule has 0 spiro atoms. The van der Waals surface area contributed by atoms with Gasteiger partial charge in [-0.25, -0.2) is 0 Å². The summed E-state index contributed by atoms with van der Waals surface area (Å²) in [6.45, 7) is 4.76. The standard InChI is InChI=1S/C15H15BrClNO/c1-10-7-14(15(19)8-16)11(2)18(10)9-12-3-5-13(17)6-4-12/h3-7H,8-9H2,1-2H3. The number of nitrogens with zero attached hydrogens (tertiary/aromatic N) is 1. The second-order valence-corrected chi connectivity index (χ2v) is 5.55. The van der Waals surface area contributed by atoms with Gasteiger partial charge in [0.25, 0.3) is 0 Å². The molecule has 0 fully saturated rings. The fraction of sp³-hybridized carbons (Fsp3) is 0.267. The summed E-state index contributed by atoms with van der Waals surface area (Å²) in [6, 6.07) is 9.74. The number of alkyl halides is 1. The lowest BCUT2D eigenvalue weighted by Gasteiger charge is -2.10. The highest BCUT2D eigenvalue weighted by Crippen LogP contribution is 2.19. The first-order chi connectivity index (χ1) is 9.02. The van der Waals surface area contributed by atoms with Gasteiger partial charge in [0, 0.05) is 28.5 Å². The number of aryl methyl sites for hydroxylation is 1. The average molecular weight is 341 g/mol. The monoisotopic (exact) mass is 339 g/mol. The Morgan fingerprint density at radius 3 is 2.47 bits per heavy atom. The zero-order chi connectivity index (χ0) is 14.0. The molecule has 0 unspecified atom stereocenters. The molecule has 0 saturated heterocycles. The summed E-state index contributed by atoms with van der Waals surface area (Å²) in [6.07, 6.45) is 0. The molecular formula is C15H15BrClNO. The summed E-state index contributed by atoms with van der Waals surface area (Å²) < 4.78 is 2.15. The van der Waals surface area contributed by atoms with Gasteiger partial charge in [0.05, 0.1) is 5.33 Å². The minimum absolute atomic E-state index is 0.121. The molecule has 1 heterocycles. The van der Waals surface area contributed by atoms with Gasteiger partial charge in [-0.1, -0.05) is 39.7 Å². The van der Waals surface area contributed by atoms with Crippen LogP contribution in [-0.4, -0.2) is 15.7 Å². The molecule has 0 radical (unpaired) electrons. The number of carbonyl (C=O) groups excluding carboxylic acids is 1. The maximum Gasteiger partial charge on any atom is 0.175 e. The number of halogens is 2. The van der Waals surface area contributed by atoms with Crippen molar-refractivity contribution >= 4 is 33.3 Å².